The zero-order valence-electron chi connectivity index (χ0n) is 23.0. The van der Waals surface area contributed by atoms with Crippen molar-refractivity contribution in [3.8, 4) is 5.75 Å². The van der Waals surface area contributed by atoms with E-state index in [0.29, 0.717) is 47.0 Å². The highest BCUT2D eigenvalue weighted by atomic mass is 16.5. The van der Waals surface area contributed by atoms with E-state index in [-0.39, 0.29) is 24.3 Å². The molecule has 3 aromatic carbocycles. The first-order valence-corrected chi connectivity index (χ1v) is 12.9. The maximum atomic E-state index is 12.9. The largest absolute Gasteiger partial charge is 0.497 e. The van der Waals surface area contributed by atoms with Crippen LogP contribution in [-0.4, -0.2) is 43.6 Å². The van der Waals surface area contributed by atoms with E-state index in [0.717, 1.165) is 22.3 Å². The van der Waals surface area contributed by atoms with Crippen molar-refractivity contribution in [1.82, 2.24) is 10.6 Å². The maximum absolute atomic E-state index is 12.9. The van der Waals surface area contributed by atoms with Crippen molar-refractivity contribution in [2.75, 3.05) is 25.5 Å². The molecule has 40 heavy (non-hydrogen) atoms. The molecule has 9 heteroatoms. The minimum atomic E-state index is -0.379. The number of ether oxygens (including phenoxy) is 1. The summed E-state index contributed by atoms with van der Waals surface area (Å²) in [5.74, 6) is 0.380. The van der Waals surface area contributed by atoms with Gasteiger partial charge < -0.3 is 25.1 Å². The SMILES string of the molecule is CCNCC(=O)Nc1ccc(/C(=N/C(C)=O)c2oc3cc(C(=O)NCc4cccc(OC)c4)ccc3c2C)cc1. The molecule has 4 aromatic rings. The second kappa shape index (κ2) is 12.9. The number of aryl methyl sites for hydroxylation is 1. The van der Waals surface area contributed by atoms with Crippen molar-refractivity contribution in [1.29, 1.82) is 0 Å². The molecule has 0 aliphatic rings. The molecule has 1 heterocycles. The predicted octanol–water partition coefficient (Wildman–Crippen LogP) is 4.61. The Morgan fingerprint density at radius 3 is 2.42 bits per heavy atom. The summed E-state index contributed by atoms with van der Waals surface area (Å²) in [6, 6.07) is 19.8. The van der Waals surface area contributed by atoms with E-state index in [9.17, 15) is 14.4 Å². The lowest BCUT2D eigenvalue weighted by Gasteiger charge is -2.08. The monoisotopic (exact) mass is 540 g/mol. The molecular weight excluding hydrogens is 508 g/mol. The number of likely N-dealkylation sites (N-methyl/N-ethyl adjacent to an activating group) is 1. The van der Waals surface area contributed by atoms with Crippen LogP contribution >= 0.6 is 0 Å². The molecular formula is C31H32N4O5. The second-order valence-corrected chi connectivity index (χ2v) is 9.19. The number of nitrogens with zero attached hydrogens (tertiary/aromatic N) is 1. The standard InChI is InChI=1S/C31H32N4O5/c1-5-32-18-28(37)35-24-12-9-22(10-13-24)29(34-20(3)36)30-19(2)26-14-11-23(16-27(26)40-30)31(38)33-17-21-7-6-8-25(15-21)39-4/h6-16,32H,5,17-18H2,1-4H3,(H,33,38)(H,35,37)/b34-29-. The molecule has 0 saturated carbocycles. The van der Waals surface area contributed by atoms with Crippen LogP contribution in [0.5, 0.6) is 5.75 Å². The molecule has 3 N–H and O–H groups in total. The summed E-state index contributed by atoms with van der Waals surface area (Å²) >= 11 is 0. The Morgan fingerprint density at radius 2 is 1.73 bits per heavy atom. The number of amides is 3. The highest BCUT2D eigenvalue weighted by Crippen LogP contribution is 2.29. The van der Waals surface area contributed by atoms with E-state index in [2.05, 4.69) is 20.9 Å². The minimum absolute atomic E-state index is 0.149. The van der Waals surface area contributed by atoms with Crippen molar-refractivity contribution >= 4 is 40.1 Å². The molecule has 3 amide bonds. The number of furan rings is 1. The van der Waals surface area contributed by atoms with Gasteiger partial charge in [0.1, 0.15) is 17.0 Å². The van der Waals surface area contributed by atoms with Gasteiger partial charge in [-0.1, -0.05) is 37.3 Å². The van der Waals surface area contributed by atoms with Crippen LogP contribution in [0, 0.1) is 6.92 Å². The molecule has 0 fully saturated rings. The fraction of sp³-hybridized carbons (Fsp3) is 0.226. The quantitative estimate of drug-likeness (QED) is 0.253. The number of hydrogen-bond acceptors (Lipinski definition) is 6. The number of nitrogens with one attached hydrogen (secondary N) is 3. The van der Waals surface area contributed by atoms with Gasteiger partial charge in [-0.3, -0.25) is 14.4 Å². The molecule has 0 bridgehead atoms. The summed E-state index contributed by atoms with van der Waals surface area (Å²) in [4.78, 5) is 41.2. The number of fused-ring (bicyclic) bond motifs is 1. The van der Waals surface area contributed by atoms with Gasteiger partial charge in [-0.2, -0.15) is 0 Å². The van der Waals surface area contributed by atoms with Crippen LogP contribution in [-0.2, 0) is 16.1 Å². The summed E-state index contributed by atoms with van der Waals surface area (Å²) in [5.41, 5.74) is 4.30. The number of rotatable bonds is 10. The van der Waals surface area contributed by atoms with Gasteiger partial charge >= 0.3 is 0 Å². The molecule has 0 saturated heterocycles. The maximum Gasteiger partial charge on any atom is 0.251 e. The lowest BCUT2D eigenvalue weighted by atomic mass is 10.0. The van der Waals surface area contributed by atoms with Gasteiger partial charge in [-0.05, 0) is 55.4 Å². The molecule has 0 unspecified atom stereocenters. The average molecular weight is 541 g/mol. The Kier molecular flexibility index (Phi) is 9.08. The molecule has 0 spiro atoms. The third kappa shape index (κ3) is 6.81. The molecule has 0 radical (unpaired) electrons. The van der Waals surface area contributed by atoms with Crippen LogP contribution < -0.4 is 20.7 Å². The van der Waals surface area contributed by atoms with Gasteiger partial charge in [0.25, 0.3) is 5.91 Å². The Balaban J connectivity index is 1.57. The number of anilines is 1. The van der Waals surface area contributed by atoms with Crippen molar-refractivity contribution < 1.29 is 23.5 Å². The number of hydrogen-bond donors (Lipinski definition) is 3. The normalized spacial score (nSPS) is 11.3. The van der Waals surface area contributed by atoms with Crippen molar-refractivity contribution in [2.45, 2.75) is 27.3 Å². The first kappa shape index (κ1) is 28.3. The average Bonchev–Trinajstić information content (AvgIpc) is 3.29. The zero-order chi connectivity index (χ0) is 28.6. The lowest BCUT2D eigenvalue weighted by Crippen LogP contribution is -2.27. The molecule has 4 rings (SSSR count). The zero-order valence-corrected chi connectivity index (χ0v) is 23.0. The first-order valence-electron chi connectivity index (χ1n) is 12.9. The van der Waals surface area contributed by atoms with E-state index < -0.39 is 0 Å². The topological polar surface area (TPSA) is 122 Å². The predicted molar refractivity (Wildman–Crippen MR) is 155 cm³/mol. The van der Waals surface area contributed by atoms with Crippen molar-refractivity contribution in [3.63, 3.8) is 0 Å². The number of carbonyl (C=O) groups excluding carboxylic acids is 3. The number of methoxy groups -OCH3 is 1. The Morgan fingerprint density at radius 1 is 0.975 bits per heavy atom. The van der Waals surface area contributed by atoms with Crippen molar-refractivity contribution in [2.24, 2.45) is 4.99 Å². The van der Waals surface area contributed by atoms with Crippen LogP contribution in [0.25, 0.3) is 11.0 Å². The van der Waals surface area contributed by atoms with E-state index in [1.807, 2.05) is 44.2 Å². The van der Waals surface area contributed by atoms with Crippen LogP contribution in [0.2, 0.25) is 0 Å². The fourth-order valence-electron chi connectivity index (χ4n) is 4.22. The smallest absolute Gasteiger partial charge is 0.251 e. The summed E-state index contributed by atoms with van der Waals surface area (Å²) in [6.07, 6.45) is 0. The number of benzene rings is 3. The van der Waals surface area contributed by atoms with E-state index in [1.54, 1.807) is 43.5 Å². The Labute approximate surface area is 232 Å². The molecule has 0 aliphatic heterocycles. The molecule has 0 atom stereocenters. The highest BCUT2D eigenvalue weighted by Gasteiger charge is 2.20. The van der Waals surface area contributed by atoms with E-state index >= 15 is 0 Å². The minimum Gasteiger partial charge on any atom is -0.497 e. The lowest BCUT2D eigenvalue weighted by molar-refractivity contribution is -0.116. The van der Waals surface area contributed by atoms with Gasteiger partial charge in [0.05, 0.1) is 13.7 Å². The Hall–Kier alpha value is -4.76. The summed E-state index contributed by atoms with van der Waals surface area (Å²) in [5, 5.41) is 9.53. The Bertz CT molecular complexity index is 1570. The van der Waals surface area contributed by atoms with Crippen LogP contribution in [0.1, 0.15) is 46.7 Å². The summed E-state index contributed by atoms with van der Waals surface area (Å²) in [6.45, 7) is 6.44. The van der Waals surface area contributed by atoms with Gasteiger partial charge in [0, 0.05) is 41.2 Å². The summed E-state index contributed by atoms with van der Waals surface area (Å²) < 4.78 is 11.4. The van der Waals surface area contributed by atoms with E-state index in [4.69, 9.17) is 9.15 Å². The van der Waals surface area contributed by atoms with Crippen molar-refractivity contribution in [3.05, 3.63) is 94.7 Å². The second-order valence-electron chi connectivity index (χ2n) is 9.19. The summed E-state index contributed by atoms with van der Waals surface area (Å²) in [7, 11) is 1.60. The fourth-order valence-corrected chi connectivity index (χ4v) is 4.22. The third-order valence-corrected chi connectivity index (χ3v) is 6.25. The molecule has 9 nitrogen and oxygen atoms in total. The number of aliphatic imine (C=N–C) groups is 1. The highest BCUT2D eigenvalue weighted by molar-refractivity contribution is 6.17. The molecule has 1 aromatic heterocycles. The number of carbonyl (C=O) groups is 3. The van der Waals surface area contributed by atoms with Gasteiger partial charge in [0.2, 0.25) is 11.8 Å². The molecule has 0 aliphatic carbocycles. The third-order valence-electron chi connectivity index (χ3n) is 6.25. The van der Waals surface area contributed by atoms with Gasteiger partial charge in [-0.15, -0.1) is 0 Å². The van der Waals surface area contributed by atoms with Gasteiger partial charge in [0.15, 0.2) is 5.76 Å². The molecule has 206 valence electrons. The van der Waals surface area contributed by atoms with Crippen LogP contribution in [0.15, 0.2) is 76.1 Å². The van der Waals surface area contributed by atoms with Gasteiger partial charge in [-0.25, -0.2) is 4.99 Å². The van der Waals surface area contributed by atoms with Crippen LogP contribution in [0.3, 0.4) is 0 Å². The first-order chi connectivity index (χ1) is 19.3. The van der Waals surface area contributed by atoms with E-state index in [1.165, 1.54) is 6.92 Å². The van der Waals surface area contributed by atoms with Crippen LogP contribution in [0.4, 0.5) is 5.69 Å².